The molecule has 5 rings (SSSR count). The number of halogens is 2. The van der Waals surface area contributed by atoms with Crippen molar-refractivity contribution in [2.75, 3.05) is 9.44 Å². The van der Waals surface area contributed by atoms with Gasteiger partial charge in [-0.3, -0.25) is 14.2 Å². The second-order valence-electron chi connectivity index (χ2n) is 7.97. The van der Waals surface area contributed by atoms with Crippen LogP contribution < -0.4 is 9.44 Å². The van der Waals surface area contributed by atoms with E-state index in [9.17, 15) is 21.6 Å². The average molecular weight is 648 g/mol. The molecule has 0 unspecified atom stereocenters. The van der Waals surface area contributed by atoms with E-state index in [0.29, 0.717) is 22.3 Å². The number of rotatable bonds is 6. The Bertz CT molecular complexity index is 1610. The van der Waals surface area contributed by atoms with Crippen LogP contribution in [0.15, 0.2) is 104 Å². The third-order valence-electron chi connectivity index (χ3n) is 5.57. The van der Waals surface area contributed by atoms with Crippen LogP contribution >= 0.6 is 31.9 Å². The van der Waals surface area contributed by atoms with Crippen molar-refractivity contribution in [1.29, 1.82) is 0 Å². The molecule has 36 heavy (non-hydrogen) atoms. The van der Waals surface area contributed by atoms with Gasteiger partial charge in [-0.2, -0.15) is 0 Å². The molecular formula is C25H16Br2N2O5S2. The van der Waals surface area contributed by atoms with Gasteiger partial charge < -0.3 is 0 Å². The first-order valence-electron chi connectivity index (χ1n) is 10.4. The number of benzene rings is 4. The molecule has 0 saturated heterocycles. The fraction of sp³-hybridized carbons (Fsp3) is 0. The molecule has 1 aliphatic carbocycles. The van der Waals surface area contributed by atoms with Crippen LogP contribution in [0.4, 0.5) is 11.4 Å². The Balaban J connectivity index is 1.41. The van der Waals surface area contributed by atoms with Gasteiger partial charge in [0.05, 0.1) is 9.79 Å². The second kappa shape index (κ2) is 9.15. The lowest BCUT2D eigenvalue weighted by molar-refractivity contribution is 0.104. The topological polar surface area (TPSA) is 109 Å². The van der Waals surface area contributed by atoms with Gasteiger partial charge in [-0.15, -0.1) is 0 Å². The number of hydrogen-bond acceptors (Lipinski definition) is 5. The lowest BCUT2D eigenvalue weighted by Crippen LogP contribution is -2.13. The lowest BCUT2D eigenvalue weighted by atomic mass is 10.1. The molecule has 182 valence electrons. The molecule has 0 saturated carbocycles. The van der Waals surface area contributed by atoms with Crippen LogP contribution in [0.5, 0.6) is 0 Å². The summed E-state index contributed by atoms with van der Waals surface area (Å²) in [6, 6.07) is 21.9. The highest BCUT2D eigenvalue weighted by atomic mass is 79.9. The molecule has 0 heterocycles. The summed E-state index contributed by atoms with van der Waals surface area (Å²) in [4.78, 5) is 13.3. The third kappa shape index (κ3) is 4.71. The van der Waals surface area contributed by atoms with Crippen LogP contribution in [0.2, 0.25) is 0 Å². The van der Waals surface area contributed by atoms with Gasteiger partial charge in [0.2, 0.25) is 0 Å². The van der Waals surface area contributed by atoms with E-state index in [1.807, 2.05) is 0 Å². The number of fused-ring (bicyclic) bond motifs is 3. The van der Waals surface area contributed by atoms with Gasteiger partial charge in [-0.05, 0) is 83.9 Å². The van der Waals surface area contributed by atoms with E-state index in [1.54, 1.807) is 48.5 Å². The van der Waals surface area contributed by atoms with Crippen LogP contribution in [0.25, 0.3) is 11.1 Å². The SMILES string of the molecule is O=C1c2cc(NS(=O)(=O)c3ccc(Br)cc3)ccc2-c2ccc(NS(=O)(=O)c3ccc(Br)cc3)cc21. The van der Waals surface area contributed by atoms with Gasteiger partial charge in [0.25, 0.3) is 20.0 Å². The van der Waals surface area contributed by atoms with Gasteiger partial charge in [-0.25, -0.2) is 16.8 Å². The number of anilines is 2. The molecule has 4 aromatic carbocycles. The van der Waals surface area contributed by atoms with Crippen molar-refractivity contribution in [3.8, 4) is 11.1 Å². The number of nitrogens with one attached hydrogen (secondary N) is 2. The molecule has 2 N–H and O–H groups in total. The summed E-state index contributed by atoms with van der Waals surface area (Å²) < 4.78 is 57.5. The Labute approximate surface area is 224 Å². The standard InChI is InChI=1S/C25H16Br2N2O5S2/c26-15-1-7-19(8-2-15)35(31,32)28-17-5-11-21-22-12-6-18(14-24(22)25(30)23(21)13-17)29-36(33,34)20-9-3-16(27)4-10-20/h1-14,28-29H. The van der Waals surface area contributed by atoms with Crippen molar-refractivity contribution in [3.63, 3.8) is 0 Å². The summed E-state index contributed by atoms with van der Waals surface area (Å²) in [5, 5.41) is 0. The van der Waals surface area contributed by atoms with E-state index in [1.165, 1.54) is 36.4 Å². The third-order valence-corrected chi connectivity index (χ3v) is 9.42. The first-order valence-corrected chi connectivity index (χ1v) is 15.0. The summed E-state index contributed by atoms with van der Waals surface area (Å²) in [6.45, 7) is 0. The zero-order chi connectivity index (χ0) is 25.7. The zero-order valence-corrected chi connectivity index (χ0v) is 23.0. The van der Waals surface area contributed by atoms with E-state index < -0.39 is 20.0 Å². The van der Waals surface area contributed by atoms with Crippen molar-refractivity contribution in [2.45, 2.75) is 9.79 Å². The predicted octanol–water partition coefficient (Wildman–Crippen LogP) is 6.02. The molecule has 0 radical (unpaired) electrons. The minimum atomic E-state index is -3.85. The monoisotopic (exact) mass is 646 g/mol. The average Bonchev–Trinajstić information content (AvgIpc) is 3.10. The van der Waals surface area contributed by atoms with Crippen molar-refractivity contribution in [3.05, 3.63) is 105 Å². The van der Waals surface area contributed by atoms with Crippen molar-refractivity contribution >= 4 is 69.1 Å². The Morgan fingerprint density at radius 3 is 1.22 bits per heavy atom. The molecule has 0 spiro atoms. The molecule has 0 atom stereocenters. The minimum Gasteiger partial charge on any atom is -0.289 e. The summed E-state index contributed by atoms with van der Waals surface area (Å²) in [5.74, 6) is -0.325. The van der Waals surface area contributed by atoms with E-state index in [0.717, 1.165) is 8.95 Å². The van der Waals surface area contributed by atoms with E-state index >= 15 is 0 Å². The molecular weight excluding hydrogens is 632 g/mol. The van der Waals surface area contributed by atoms with Crippen LogP contribution in [-0.2, 0) is 20.0 Å². The second-order valence-corrected chi connectivity index (χ2v) is 13.2. The number of carbonyl (C=O) groups is 1. The molecule has 0 amide bonds. The van der Waals surface area contributed by atoms with E-state index in [-0.39, 0.29) is 26.9 Å². The number of ketones is 1. The van der Waals surface area contributed by atoms with Gasteiger partial charge in [0.15, 0.2) is 5.78 Å². The highest BCUT2D eigenvalue weighted by molar-refractivity contribution is 9.10. The maximum Gasteiger partial charge on any atom is 0.261 e. The summed E-state index contributed by atoms with van der Waals surface area (Å²) in [6.07, 6.45) is 0. The quantitative estimate of drug-likeness (QED) is 0.234. The zero-order valence-electron chi connectivity index (χ0n) is 18.2. The molecule has 7 nitrogen and oxygen atoms in total. The first-order chi connectivity index (χ1) is 17.0. The fourth-order valence-electron chi connectivity index (χ4n) is 3.86. The van der Waals surface area contributed by atoms with Gasteiger partial charge >= 0.3 is 0 Å². The van der Waals surface area contributed by atoms with Gasteiger partial charge in [0, 0.05) is 31.4 Å². The normalized spacial score (nSPS) is 12.7. The van der Waals surface area contributed by atoms with Crippen LogP contribution in [0, 0.1) is 0 Å². The maximum atomic E-state index is 13.2. The maximum absolute atomic E-state index is 13.2. The summed E-state index contributed by atoms with van der Waals surface area (Å²) in [7, 11) is -7.70. The fourth-order valence-corrected chi connectivity index (χ4v) is 6.49. The predicted molar refractivity (Wildman–Crippen MR) is 145 cm³/mol. The Morgan fingerprint density at radius 1 is 0.500 bits per heavy atom. The Morgan fingerprint density at radius 2 is 0.861 bits per heavy atom. The molecule has 11 heteroatoms. The van der Waals surface area contributed by atoms with Crippen molar-refractivity contribution in [1.82, 2.24) is 0 Å². The van der Waals surface area contributed by atoms with Crippen LogP contribution in [0.3, 0.4) is 0 Å². The molecule has 0 aliphatic heterocycles. The molecule has 1 aliphatic rings. The van der Waals surface area contributed by atoms with Crippen LogP contribution in [0.1, 0.15) is 15.9 Å². The Hall–Kier alpha value is -2.99. The molecule has 0 fully saturated rings. The Kier molecular flexibility index (Phi) is 6.27. The largest absolute Gasteiger partial charge is 0.289 e. The van der Waals surface area contributed by atoms with Crippen LogP contribution in [-0.4, -0.2) is 22.6 Å². The summed E-state index contributed by atoms with van der Waals surface area (Å²) in [5.41, 5.74) is 2.43. The minimum absolute atomic E-state index is 0.0866. The van der Waals surface area contributed by atoms with Crippen molar-refractivity contribution in [2.24, 2.45) is 0 Å². The molecule has 4 aromatic rings. The highest BCUT2D eigenvalue weighted by Crippen LogP contribution is 2.39. The van der Waals surface area contributed by atoms with Gasteiger partial charge in [0.1, 0.15) is 0 Å². The van der Waals surface area contributed by atoms with Crippen molar-refractivity contribution < 1.29 is 21.6 Å². The number of sulfonamides is 2. The first kappa shape index (κ1) is 24.7. The molecule has 0 aromatic heterocycles. The van der Waals surface area contributed by atoms with E-state index in [4.69, 9.17) is 0 Å². The van der Waals surface area contributed by atoms with Gasteiger partial charge in [-0.1, -0.05) is 44.0 Å². The smallest absolute Gasteiger partial charge is 0.261 e. The number of carbonyl (C=O) groups excluding carboxylic acids is 1. The summed E-state index contributed by atoms with van der Waals surface area (Å²) >= 11 is 6.55. The number of hydrogen-bond donors (Lipinski definition) is 2. The van der Waals surface area contributed by atoms with E-state index in [2.05, 4.69) is 41.3 Å². The lowest BCUT2D eigenvalue weighted by Gasteiger charge is -2.10. The molecule has 0 bridgehead atoms. The highest BCUT2D eigenvalue weighted by Gasteiger charge is 2.28.